The van der Waals surface area contributed by atoms with Crippen molar-refractivity contribution in [3.05, 3.63) is 0 Å². The summed E-state index contributed by atoms with van der Waals surface area (Å²) in [6, 6.07) is 0. The van der Waals surface area contributed by atoms with Crippen molar-refractivity contribution in [2.75, 3.05) is 13.2 Å². The molecular formula is C23H42O4. The Balaban J connectivity index is 2.41. The van der Waals surface area contributed by atoms with Crippen molar-refractivity contribution >= 4 is 11.9 Å². The molecule has 1 rings (SSSR count). The summed E-state index contributed by atoms with van der Waals surface area (Å²) in [6.07, 6.45) is 12.2. The highest BCUT2D eigenvalue weighted by Gasteiger charge is 2.48. The molecule has 0 spiro atoms. The second-order valence-corrected chi connectivity index (χ2v) is 8.41. The Morgan fingerprint density at radius 1 is 0.667 bits per heavy atom. The summed E-state index contributed by atoms with van der Waals surface area (Å²) in [5, 5.41) is 0. The fourth-order valence-corrected chi connectivity index (χ4v) is 4.29. The van der Waals surface area contributed by atoms with Gasteiger partial charge in [-0.1, -0.05) is 79.1 Å². The van der Waals surface area contributed by atoms with E-state index in [-0.39, 0.29) is 35.6 Å². The smallest absolute Gasteiger partial charge is 0.310 e. The molecule has 0 aromatic heterocycles. The Morgan fingerprint density at radius 3 is 1.41 bits per heavy atom. The summed E-state index contributed by atoms with van der Waals surface area (Å²) in [4.78, 5) is 25.2. The first kappa shape index (κ1) is 24.0. The molecule has 1 aliphatic carbocycles. The van der Waals surface area contributed by atoms with Crippen LogP contribution in [0.25, 0.3) is 0 Å². The lowest BCUT2D eigenvalue weighted by Crippen LogP contribution is -2.33. The van der Waals surface area contributed by atoms with Crippen LogP contribution in [0.15, 0.2) is 0 Å². The zero-order valence-corrected chi connectivity index (χ0v) is 18.1. The minimum atomic E-state index is -0.344. The first-order valence-corrected chi connectivity index (χ1v) is 11.4. The Hall–Kier alpha value is -1.06. The Bertz CT molecular complexity index is 383. The van der Waals surface area contributed by atoms with Crippen LogP contribution in [-0.2, 0) is 19.1 Å². The van der Waals surface area contributed by atoms with Crippen LogP contribution in [0.1, 0.15) is 98.3 Å². The number of unbranched alkanes of at least 4 members (excludes halogenated alkanes) is 8. The van der Waals surface area contributed by atoms with E-state index in [4.69, 9.17) is 9.47 Å². The van der Waals surface area contributed by atoms with Crippen molar-refractivity contribution in [1.29, 1.82) is 0 Å². The van der Waals surface area contributed by atoms with Crippen LogP contribution in [0.3, 0.4) is 0 Å². The van der Waals surface area contributed by atoms with Crippen LogP contribution in [0, 0.1) is 23.7 Å². The van der Waals surface area contributed by atoms with Crippen LogP contribution in [0.4, 0.5) is 0 Å². The number of carbonyl (C=O) groups excluding carboxylic acids is 2. The topological polar surface area (TPSA) is 52.6 Å². The van der Waals surface area contributed by atoms with E-state index in [1.54, 1.807) is 0 Å². The number of hydrogen-bond donors (Lipinski definition) is 0. The van der Waals surface area contributed by atoms with Crippen LogP contribution in [-0.4, -0.2) is 25.2 Å². The van der Waals surface area contributed by atoms with Gasteiger partial charge in [0.15, 0.2) is 0 Å². The Labute approximate surface area is 166 Å². The Morgan fingerprint density at radius 2 is 1.04 bits per heavy atom. The van der Waals surface area contributed by atoms with Gasteiger partial charge in [0.2, 0.25) is 0 Å². The summed E-state index contributed by atoms with van der Waals surface area (Å²) in [5.74, 6) is -0.740. The van der Waals surface area contributed by atoms with Gasteiger partial charge < -0.3 is 9.47 Å². The molecule has 0 aromatic carbocycles. The molecule has 158 valence electrons. The van der Waals surface area contributed by atoms with Gasteiger partial charge in [0.1, 0.15) is 0 Å². The highest BCUT2D eigenvalue weighted by atomic mass is 16.5. The number of esters is 2. The van der Waals surface area contributed by atoms with Gasteiger partial charge >= 0.3 is 11.9 Å². The van der Waals surface area contributed by atoms with Gasteiger partial charge in [-0.05, 0) is 31.1 Å². The van der Waals surface area contributed by atoms with Crippen molar-refractivity contribution in [3.63, 3.8) is 0 Å². The standard InChI is InChI=1S/C23H42O4/c1-5-7-9-11-13-15-26-22(24)20-18(3)17-19(4)21(20)23(25)27-16-14-12-10-8-6-2/h18-21H,5-17H2,1-4H3. The third-order valence-electron chi connectivity index (χ3n) is 5.89. The predicted molar refractivity (Wildman–Crippen MR) is 109 cm³/mol. The molecule has 4 nitrogen and oxygen atoms in total. The lowest BCUT2D eigenvalue weighted by atomic mass is 9.88. The zero-order valence-electron chi connectivity index (χ0n) is 18.1. The first-order chi connectivity index (χ1) is 13.0. The lowest BCUT2D eigenvalue weighted by molar-refractivity contribution is -0.161. The average molecular weight is 383 g/mol. The largest absolute Gasteiger partial charge is 0.465 e. The molecule has 4 atom stereocenters. The van der Waals surface area contributed by atoms with E-state index in [0.29, 0.717) is 13.2 Å². The molecule has 0 N–H and O–H groups in total. The van der Waals surface area contributed by atoms with Crippen molar-refractivity contribution in [3.8, 4) is 0 Å². The highest BCUT2D eigenvalue weighted by Crippen LogP contribution is 2.42. The van der Waals surface area contributed by atoms with Gasteiger partial charge in [-0.3, -0.25) is 9.59 Å². The molecule has 0 aromatic rings. The maximum absolute atomic E-state index is 12.6. The van der Waals surface area contributed by atoms with Crippen molar-refractivity contribution in [1.82, 2.24) is 0 Å². The predicted octanol–water partition coefficient (Wildman–Crippen LogP) is 5.92. The normalized spacial score (nSPS) is 24.7. The van der Waals surface area contributed by atoms with Gasteiger partial charge in [-0.2, -0.15) is 0 Å². The van der Waals surface area contributed by atoms with E-state index in [1.807, 2.05) is 0 Å². The maximum atomic E-state index is 12.6. The molecule has 4 heteroatoms. The van der Waals surface area contributed by atoms with E-state index in [0.717, 1.165) is 32.1 Å². The molecule has 0 aliphatic heterocycles. The van der Waals surface area contributed by atoms with E-state index in [2.05, 4.69) is 27.7 Å². The first-order valence-electron chi connectivity index (χ1n) is 11.4. The molecular weight excluding hydrogens is 340 g/mol. The molecule has 27 heavy (non-hydrogen) atoms. The van der Waals surface area contributed by atoms with Crippen molar-refractivity contribution in [2.24, 2.45) is 23.7 Å². The maximum Gasteiger partial charge on any atom is 0.310 e. The number of carbonyl (C=O) groups is 2. The van der Waals surface area contributed by atoms with Gasteiger partial charge in [0.25, 0.3) is 0 Å². The number of ether oxygens (including phenoxy) is 2. The second kappa shape index (κ2) is 14.0. The average Bonchev–Trinajstić information content (AvgIpc) is 2.94. The molecule has 0 saturated heterocycles. The monoisotopic (exact) mass is 382 g/mol. The van der Waals surface area contributed by atoms with E-state index in [1.165, 1.54) is 38.5 Å². The molecule has 0 bridgehead atoms. The number of hydrogen-bond acceptors (Lipinski definition) is 4. The third kappa shape index (κ3) is 8.66. The second-order valence-electron chi connectivity index (χ2n) is 8.41. The molecule has 1 saturated carbocycles. The minimum absolute atomic E-state index is 0.176. The quantitative estimate of drug-likeness (QED) is 0.276. The van der Waals surface area contributed by atoms with Gasteiger partial charge in [-0.15, -0.1) is 0 Å². The molecule has 0 heterocycles. The SMILES string of the molecule is CCCCCCCOC(=O)C1C(C)CC(C)C1C(=O)OCCCCCCC. The molecule has 0 radical (unpaired) electrons. The van der Waals surface area contributed by atoms with Gasteiger partial charge in [0.05, 0.1) is 25.0 Å². The number of rotatable bonds is 14. The van der Waals surface area contributed by atoms with Gasteiger partial charge in [-0.25, -0.2) is 0 Å². The molecule has 0 amide bonds. The summed E-state index contributed by atoms with van der Waals surface area (Å²) >= 11 is 0. The summed E-state index contributed by atoms with van der Waals surface area (Å²) < 4.78 is 11.1. The van der Waals surface area contributed by atoms with Crippen LogP contribution in [0.2, 0.25) is 0 Å². The highest BCUT2D eigenvalue weighted by molar-refractivity contribution is 5.83. The fraction of sp³-hybridized carbons (Fsp3) is 0.913. The van der Waals surface area contributed by atoms with Gasteiger partial charge in [0, 0.05) is 0 Å². The molecule has 1 fully saturated rings. The van der Waals surface area contributed by atoms with E-state index < -0.39 is 0 Å². The lowest BCUT2D eigenvalue weighted by Gasteiger charge is -2.22. The van der Waals surface area contributed by atoms with Crippen molar-refractivity contribution in [2.45, 2.75) is 98.3 Å². The summed E-state index contributed by atoms with van der Waals surface area (Å²) in [7, 11) is 0. The third-order valence-corrected chi connectivity index (χ3v) is 5.89. The van der Waals surface area contributed by atoms with E-state index >= 15 is 0 Å². The zero-order chi connectivity index (χ0) is 20.1. The van der Waals surface area contributed by atoms with Crippen molar-refractivity contribution < 1.29 is 19.1 Å². The van der Waals surface area contributed by atoms with Crippen LogP contribution >= 0.6 is 0 Å². The summed E-state index contributed by atoms with van der Waals surface area (Å²) in [6.45, 7) is 9.43. The van der Waals surface area contributed by atoms with E-state index in [9.17, 15) is 9.59 Å². The molecule has 1 aliphatic rings. The Kier molecular flexibility index (Phi) is 12.4. The summed E-state index contributed by atoms with van der Waals surface area (Å²) in [5.41, 5.74) is 0. The van der Waals surface area contributed by atoms with Crippen LogP contribution in [0.5, 0.6) is 0 Å². The fourth-order valence-electron chi connectivity index (χ4n) is 4.29. The molecule has 4 unspecified atom stereocenters. The minimum Gasteiger partial charge on any atom is -0.465 e. The van der Waals surface area contributed by atoms with Crippen LogP contribution < -0.4 is 0 Å².